The van der Waals surface area contributed by atoms with Crippen molar-refractivity contribution in [2.75, 3.05) is 22.5 Å². The molecule has 0 bridgehead atoms. The number of carbonyl (C=O) groups excluding carboxylic acids is 2. The van der Waals surface area contributed by atoms with Gasteiger partial charge in [-0.15, -0.1) is 0 Å². The average molecular weight is 321 g/mol. The van der Waals surface area contributed by atoms with Crippen molar-refractivity contribution in [2.24, 2.45) is 0 Å². The van der Waals surface area contributed by atoms with Gasteiger partial charge in [-0.25, -0.2) is 0 Å². The summed E-state index contributed by atoms with van der Waals surface area (Å²) in [5.41, 5.74) is 4.47. The summed E-state index contributed by atoms with van der Waals surface area (Å²) in [6.45, 7) is 2.10. The first-order chi connectivity index (χ1) is 11.6. The predicted molar refractivity (Wildman–Crippen MR) is 97.9 cm³/mol. The van der Waals surface area contributed by atoms with Gasteiger partial charge in [0, 0.05) is 25.6 Å². The van der Waals surface area contributed by atoms with Crippen LogP contribution in [0.2, 0.25) is 0 Å². The molecule has 1 heterocycles. The maximum atomic E-state index is 11.7. The molecule has 1 aliphatic heterocycles. The van der Waals surface area contributed by atoms with Gasteiger partial charge in [0.2, 0.25) is 11.8 Å². The van der Waals surface area contributed by atoms with E-state index in [1.54, 1.807) is 0 Å². The molecule has 2 aromatic rings. The normalized spacial score (nSPS) is 13.6. The number of carbonyl (C=O) groups is 2. The van der Waals surface area contributed by atoms with Gasteiger partial charge in [0.15, 0.2) is 0 Å². The number of amides is 2. The number of fused-ring (bicyclic) bond motifs is 1. The Hall–Kier alpha value is -3.08. The van der Waals surface area contributed by atoms with E-state index >= 15 is 0 Å². The summed E-state index contributed by atoms with van der Waals surface area (Å²) in [7, 11) is 0. The molecule has 0 fully saturated rings. The van der Waals surface area contributed by atoms with Crippen LogP contribution in [0.4, 0.5) is 17.1 Å². The fraction of sp³-hybridized carbons (Fsp3) is 0.158. The first kappa shape index (κ1) is 15.8. The van der Waals surface area contributed by atoms with E-state index in [-0.39, 0.29) is 11.8 Å². The van der Waals surface area contributed by atoms with Crippen molar-refractivity contribution in [1.82, 2.24) is 0 Å². The lowest BCUT2D eigenvalue weighted by molar-refractivity contribution is -0.116. The van der Waals surface area contributed by atoms with Crippen LogP contribution in [0.5, 0.6) is 0 Å². The fourth-order valence-corrected chi connectivity index (χ4v) is 2.63. The quantitative estimate of drug-likeness (QED) is 0.757. The summed E-state index contributed by atoms with van der Waals surface area (Å²) in [6.07, 6.45) is 4.43. The maximum absolute atomic E-state index is 11.7. The predicted octanol–water partition coefficient (Wildman–Crippen LogP) is 3.57. The van der Waals surface area contributed by atoms with Crippen molar-refractivity contribution in [3.8, 4) is 0 Å². The molecule has 3 N–H and O–H groups in total. The van der Waals surface area contributed by atoms with Crippen LogP contribution in [-0.4, -0.2) is 18.4 Å². The van der Waals surface area contributed by atoms with E-state index in [1.807, 2.05) is 54.6 Å². The van der Waals surface area contributed by atoms with Crippen LogP contribution in [0, 0.1) is 0 Å². The van der Waals surface area contributed by atoms with E-state index in [0.717, 1.165) is 28.2 Å². The van der Waals surface area contributed by atoms with Crippen LogP contribution < -0.4 is 16.0 Å². The van der Waals surface area contributed by atoms with Crippen LogP contribution in [-0.2, 0) is 9.59 Å². The third kappa shape index (κ3) is 3.81. The van der Waals surface area contributed by atoms with Crippen LogP contribution in [0.15, 0.2) is 42.5 Å². The van der Waals surface area contributed by atoms with Gasteiger partial charge in [-0.3, -0.25) is 9.59 Å². The highest BCUT2D eigenvalue weighted by molar-refractivity contribution is 5.98. The molecule has 0 aliphatic carbocycles. The average Bonchev–Trinajstić information content (AvgIpc) is 2.73. The molecule has 2 aromatic carbocycles. The summed E-state index contributed by atoms with van der Waals surface area (Å²) in [5, 5.41) is 8.99. The number of anilines is 3. The highest BCUT2D eigenvalue weighted by Crippen LogP contribution is 2.29. The molecule has 122 valence electrons. The molecule has 24 heavy (non-hydrogen) atoms. The van der Waals surface area contributed by atoms with Crippen molar-refractivity contribution in [3.05, 3.63) is 53.6 Å². The number of benzene rings is 2. The fourth-order valence-electron chi connectivity index (χ4n) is 2.63. The Morgan fingerprint density at radius 1 is 1.17 bits per heavy atom. The zero-order chi connectivity index (χ0) is 16.9. The molecule has 3 rings (SSSR count). The van der Waals surface area contributed by atoms with Crippen molar-refractivity contribution in [1.29, 1.82) is 0 Å². The van der Waals surface area contributed by atoms with Crippen LogP contribution >= 0.6 is 0 Å². The number of hydrogen-bond acceptors (Lipinski definition) is 3. The summed E-state index contributed by atoms with van der Waals surface area (Å²) in [5.74, 6) is -0.0742. The highest BCUT2D eigenvalue weighted by atomic mass is 16.2. The second kappa shape index (κ2) is 7.00. The van der Waals surface area contributed by atoms with Gasteiger partial charge in [-0.05, 0) is 29.3 Å². The van der Waals surface area contributed by atoms with Crippen molar-refractivity contribution in [3.63, 3.8) is 0 Å². The number of rotatable bonds is 3. The minimum Gasteiger partial charge on any atom is -0.382 e. The lowest BCUT2D eigenvalue weighted by Crippen LogP contribution is -2.10. The Kier molecular flexibility index (Phi) is 4.61. The highest BCUT2D eigenvalue weighted by Gasteiger charge is 2.13. The Labute approximate surface area is 140 Å². The Balaban J connectivity index is 1.86. The first-order valence-electron chi connectivity index (χ1n) is 7.84. The molecule has 0 radical (unpaired) electrons. The molecule has 5 nitrogen and oxygen atoms in total. The molecular formula is C19H19N3O2. The molecule has 0 unspecified atom stereocenters. The van der Waals surface area contributed by atoms with Gasteiger partial charge in [0.1, 0.15) is 0 Å². The summed E-state index contributed by atoms with van der Waals surface area (Å²) in [6, 6.07) is 13.4. The Morgan fingerprint density at radius 2 is 2.00 bits per heavy atom. The van der Waals surface area contributed by atoms with Gasteiger partial charge in [0.25, 0.3) is 0 Å². The Morgan fingerprint density at radius 3 is 2.83 bits per heavy atom. The first-order valence-corrected chi connectivity index (χ1v) is 7.84. The van der Waals surface area contributed by atoms with Crippen LogP contribution in [0.3, 0.4) is 0 Å². The summed E-state index contributed by atoms with van der Waals surface area (Å²) < 4.78 is 0. The second-order valence-corrected chi connectivity index (χ2v) is 5.63. The van der Waals surface area contributed by atoms with Gasteiger partial charge in [-0.1, -0.05) is 36.4 Å². The summed E-state index contributed by atoms with van der Waals surface area (Å²) >= 11 is 0. The SMILES string of the molecule is CC(=O)Nc1cccc(/C=C/c2cccc3c2NCCC(=O)N3)c1. The van der Waals surface area contributed by atoms with Gasteiger partial charge in [0.05, 0.1) is 11.4 Å². The second-order valence-electron chi connectivity index (χ2n) is 5.63. The topological polar surface area (TPSA) is 70.2 Å². The molecule has 0 atom stereocenters. The lowest BCUT2D eigenvalue weighted by Gasteiger charge is -2.11. The zero-order valence-corrected chi connectivity index (χ0v) is 13.4. The van der Waals surface area contributed by atoms with Crippen molar-refractivity contribution in [2.45, 2.75) is 13.3 Å². The van der Waals surface area contributed by atoms with E-state index in [0.29, 0.717) is 13.0 Å². The molecule has 0 saturated carbocycles. The van der Waals surface area contributed by atoms with Gasteiger partial charge in [-0.2, -0.15) is 0 Å². The van der Waals surface area contributed by atoms with Crippen molar-refractivity contribution < 1.29 is 9.59 Å². The Bertz CT molecular complexity index is 812. The smallest absolute Gasteiger partial charge is 0.226 e. The van der Waals surface area contributed by atoms with E-state index < -0.39 is 0 Å². The molecule has 0 spiro atoms. The standard InChI is InChI=1S/C19H19N3O2/c1-13(23)21-16-6-2-4-14(12-16)8-9-15-5-3-7-17-19(15)20-11-10-18(24)22-17/h2-9,12,20H,10-11H2,1H3,(H,21,23)(H,22,24)/b9-8+. The van der Waals surface area contributed by atoms with E-state index in [2.05, 4.69) is 16.0 Å². The van der Waals surface area contributed by atoms with Crippen molar-refractivity contribution >= 4 is 41.0 Å². The third-order valence-electron chi connectivity index (χ3n) is 3.69. The van der Waals surface area contributed by atoms with E-state index in [9.17, 15) is 9.59 Å². The monoisotopic (exact) mass is 321 g/mol. The molecule has 5 heteroatoms. The maximum Gasteiger partial charge on any atom is 0.226 e. The minimum atomic E-state index is -0.0931. The van der Waals surface area contributed by atoms with Crippen LogP contribution in [0.1, 0.15) is 24.5 Å². The van der Waals surface area contributed by atoms with Gasteiger partial charge >= 0.3 is 0 Å². The zero-order valence-electron chi connectivity index (χ0n) is 13.4. The number of hydrogen-bond donors (Lipinski definition) is 3. The largest absolute Gasteiger partial charge is 0.382 e. The molecular weight excluding hydrogens is 302 g/mol. The van der Waals surface area contributed by atoms with Gasteiger partial charge < -0.3 is 16.0 Å². The lowest BCUT2D eigenvalue weighted by atomic mass is 10.1. The van der Waals surface area contributed by atoms with E-state index in [4.69, 9.17) is 0 Å². The minimum absolute atomic E-state index is 0.0189. The molecule has 0 aromatic heterocycles. The van der Waals surface area contributed by atoms with Crippen LogP contribution in [0.25, 0.3) is 12.2 Å². The molecule has 2 amide bonds. The third-order valence-corrected chi connectivity index (χ3v) is 3.69. The summed E-state index contributed by atoms with van der Waals surface area (Å²) in [4.78, 5) is 22.8. The molecule has 1 aliphatic rings. The van der Waals surface area contributed by atoms with E-state index in [1.165, 1.54) is 6.92 Å². The number of nitrogens with one attached hydrogen (secondary N) is 3. The number of para-hydroxylation sites is 1. The molecule has 0 saturated heterocycles.